The van der Waals surface area contributed by atoms with Crippen LogP contribution in [0.5, 0.6) is 0 Å². The van der Waals surface area contributed by atoms with Crippen LogP contribution in [0.15, 0.2) is 54.6 Å². The van der Waals surface area contributed by atoms with Crippen molar-refractivity contribution in [3.05, 3.63) is 60.2 Å². The fourth-order valence-electron chi connectivity index (χ4n) is 4.66. The first-order chi connectivity index (χ1) is 20.2. The lowest BCUT2D eigenvalue weighted by Gasteiger charge is -2.27. The molecule has 0 spiro atoms. The van der Waals surface area contributed by atoms with E-state index in [4.69, 9.17) is 4.74 Å². The maximum Gasteiger partial charge on any atom is 0.326 e. The van der Waals surface area contributed by atoms with E-state index in [1.165, 1.54) is 21.6 Å². The van der Waals surface area contributed by atoms with Crippen molar-refractivity contribution in [2.45, 2.75) is 57.3 Å². The zero-order valence-electron chi connectivity index (χ0n) is 23.6. The molecule has 224 valence electrons. The average Bonchev–Trinajstić information content (AvgIpc) is 2.96. The molecule has 2 aliphatic heterocycles. The lowest BCUT2D eigenvalue weighted by molar-refractivity contribution is -0.148. The minimum absolute atomic E-state index is 0.163. The second-order valence-corrected chi connectivity index (χ2v) is 13.2. The van der Waals surface area contributed by atoms with Crippen LogP contribution in [0.4, 0.5) is 0 Å². The molecule has 42 heavy (non-hydrogen) atoms. The second kappa shape index (κ2) is 15.1. The SMILES string of the molecule is CC(C)[C@H]1NC(=O)C[C@H]2/C=C/CCSSC[C@@H](NC1=O)C(=O)N[C@H](Cc1ccc3ccccc3c1)C(=O)NCC(=O)O2. The number of carbonyl (C=O) groups excluding carboxylic acids is 5. The number of allylic oxidation sites excluding steroid dienone is 1. The summed E-state index contributed by atoms with van der Waals surface area (Å²) in [6.45, 7) is 3.14. The molecule has 0 aromatic heterocycles. The molecule has 1 saturated heterocycles. The minimum atomic E-state index is -1.02. The Labute approximate surface area is 252 Å². The van der Waals surface area contributed by atoms with Gasteiger partial charge in [0.05, 0.1) is 6.42 Å². The molecule has 0 radical (unpaired) electrons. The highest BCUT2D eigenvalue weighted by molar-refractivity contribution is 8.76. The first kappa shape index (κ1) is 31.4. The summed E-state index contributed by atoms with van der Waals surface area (Å²) in [5.41, 5.74) is 0.815. The Morgan fingerprint density at radius 1 is 0.905 bits per heavy atom. The largest absolute Gasteiger partial charge is 0.456 e. The van der Waals surface area contributed by atoms with Gasteiger partial charge in [-0.2, -0.15) is 0 Å². The van der Waals surface area contributed by atoms with E-state index in [-0.39, 0.29) is 24.5 Å². The summed E-state index contributed by atoms with van der Waals surface area (Å²) in [5, 5.41) is 12.9. The van der Waals surface area contributed by atoms with Gasteiger partial charge >= 0.3 is 5.97 Å². The van der Waals surface area contributed by atoms with Crippen LogP contribution < -0.4 is 21.3 Å². The topological polar surface area (TPSA) is 143 Å². The summed E-state index contributed by atoms with van der Waals surface area (Å²) in [7, 11) is 2.97. The van der Waals surface area contributed by atoms with Crippen LogP contribution in [0.2, 0.25) is 0 Å². The van der Waals surface area contributed by atoms with Crippen LogP contribution in [-0.4, -0.2) is 71.9 Å². The summed E-state index contributed by atoms with van der Waals surface area (Å²) in [5.74, 6) is -2.14. The smallest absolute Gasteiger partial charge is 0.326 e. The Hall–Kier alpha value is -3.51. The van der Waals surface area contributed by atoms with Crippen LogP contribution in [0.3, 0.4) is 0 Å². The molecule has 4 N–H and O–H groups in total. The Balaban J connectivity index is 1.67. The Morgan fingerprint density at radius 2 is 1.69 bits per heavy atom. The van der Waals surface area contributed by atoms with E-state index in [1.807, 2.05) is 48.5 Å². The molecule has 0 saturated carbocycles. The summed E-state index contributed by atoms with van der Waals surface area (Å²) < 4.78 is 5.53. The summed E-state index contributed by atoms with van der Waals surface area (Å²) >= 11 is 0. The Kier molecular flexibility index (Phi) is 11.3. The van der Waals surface area contributed by atoms with Gasteiger partial charge < -0.3 is 26.0 Å². The van der Waals surface area contributed by atoms with Gasteiger partial charge in [-0.15, -0.1) is 0 Å². The Bertz CT molecular complexity index is 1350. The molecule has 4 amide bonds. The maximum atomic E-state index is 13.6. The molecular weight excluding hydrogens is 576 g/mol. The van der Waals surface area contributed by atoms with E-state index < -0.39 is 60.4 Å². The van der Waals surface area contributed by atoms with Gasteiger partial charge in [0.1, 0.15) is 30.8 Å². The van der Waals surface area contributed by atoms with Crippen molar-refractivity contribution in [1.82, 2.24) is 21.3 Å². The molecule has 10 nitrogen and oxygen atoms in total. The standard InChI is InChI=1S/C30H36N4O6S2/c1-18(2)27-30(39)33-24-17-42-41-12-6-5-9-22(15-25(35)34-27)40-26(36)16-31-28(37)23(32-29(24)38)14-19-10-11-20-7-3-4-8-21(20)13-19/h3-5,7-11,13,18,22-24,27H,6,12,14-17H2,1-2H3,(H,31,37)(H,32,38)(H,33,39)(H,34,35)/b9-5+/t22-,23-,24-,27-/m1/s1. The molecule has 2 bridgehead atoms. The number of amides is 4. The maximum absolute atomic E-state index is 13.6. The van der Waals surface area contributed by atoms with Gasteiger partial charge in [0.2, 0.25) is 23.6 Å². The summed E-state index contributed by atoms with van der Waals surface area (Å²) in [6.07, 6.45) is 3.24. The summed E-state index contributed by atoms with van der Waals surface area (Å²) in [4.78, 5) is 66.0. The van der Waals surface area contributed by atoms with Crippen molar-refractivity contribution >= 4 is 62.0 Å². The monoisotopic (exact) mass is 612 g/mol. The number of fused-ring (bicyclic) bond motifs is 8. The molecule has 2 aliphatic rings. The van der Waals surface area contributed by atoms with Crippen molar-refractivity contribution in [2.75, 3.05) is 18.1 Å². The zero-order chi connectivity index (χ0) is 30.1. The highest BCUT2D eigenvalue weighted by Crippen LogP contribution is 2.24. The van der Waals surface area contributed by atoms with Crippen LogP contribution >= 0.6 is 21.6 Å². The van der Waals surface area contributed by atoms with Gasteiger partial charge in [0.25, 0.3) is 0 Å². The normalized spacial score (nSPS) is 25.9. The van der Waals surface area contributed by atoms with Crippen LogP contribution in [0.25, 0.3) is 10.8 Å². The fourth-order valence-corrected chi connectivity index (χ4v) is 6.82. The van der Waals surface area contributed by atoms with Crippen LogP contribution in [-0.2, 0) is 35.1 Å². The lowest BCUT2D eigenvalue weighted by atomic mass is 10.0. The number of benzene rings is 2. The molecule has 12 heteroatoms. The third-order valence-corrected chi connectivity index (χ3v) is 9.34. The van der Waals surface area contributed by atoms with Crippen molar-refractivity contribution in [3.8, 4) is 0 Å². The van der Waals surface area contributed by atoms with E-state index in [0.29, 0.717) is 12.2 Å². The number of esters is 1. The number of carbonyl (C=O) groups is 5. The quantitative estimate of drug-likeness (QED) is 0.235. The molecule has 2 heterocycles. The van der Waals surface area contributed by atoms with E-state index in [0.717, 1.165) is 16.3 Å². The van der Waals surface area contributed by atoms with Gasteiger partial charge in [-0.25, -0.2) is 0 Å². The molecule has 2 aromatic carbocycles. The predicted molar refractivity (Wildman–Crippen MR) is 164 cm³/mol. The molecule has 4 atom stereocenters. The van der Waals surface area contributed by atoms with Crippen LogP contribution in [0.1, 0.15) is 32.3 Å². The first-order valence-corrected chi connectivity index (χ1v) is 16.4. The van der Waals surface area contributed by atoms with Crippen LogP contribution in [0, 0.1) is 5.92 Å². The van der Waals surface area contributed by atoms with Gasteiger partial charge in [0.15, 0.2) is 0 Å². The third kappa shape index (κ3) is 8.99. The highest BCUT2D eigenvalue weighted by Gasteiger charge is 2.32. The van der Waals surface area contributed by atoms with Gasteiger partial charge in [-0.3, -0.25) is 24.0 Å². The van der Waals surface area contributed by atoms with Gasteiger partial charge in [0, 0.05) is 17.9 Å². The number of hydrogen-bond donors (Lipinski definition) is 4. The van der Waals surface area contributed by atoms with Crippen molar-refractivity contribution < 1.29 is 28.7 Å². The van der Waals surface area contributed by atoms with E-state index in [2.05, 4.69) is 21.3 Å². The van der Waals surface area contributed by atoms with Crippen molar-refractivity contribution in [3.63, 3.8) is 0 Å². The van der Waals surface area contributed by atoms with Crippen molar-refractivity contribution in [2.24, 2.45) is 5.92 Å². The third-order valence-electron chi connectivity index (χ3n) is 6.90. The molecule has 2 aromatic rings. The average molecular weight is 613 g/mol. The number of rotatable bonds is 3. The van der Waals surface area contributed by atoms with Gasteiger partial charge in [-0.1, -0.05) is 84.0 Å². The van der Waals surface area contributed by atoms with E-state index in [1.54, 1.807) is 19.9 Å². The van der Waals surface area contributed by atoms with Gasteiger partial charge in [-0.05, 0) is 34.8 Å². The highest BCUT2D eigenvalue weighted by atomic mass is 33.1. The molecule has 0 unspecified atom stereocenters. The minimum Gasteiger partial charge on any atom is -0.456 e. The summed E-state index contributed by atoms with van der Waals surface area (Å²) in [6, 6.07) is 10.7. The fraction of sp³-hybridized carbons (Fsp3) is 0.433. The second-order valence-electron chi connectivity index (χ2n) is 10.6. The van der Waals surface area contributed by atoms with Crippen molar-refractivity contribution in [1.29, 1.82) is 0 Å². The molecule has 4 rings (SSSR count). The number of hydrogen-bond acceptors (Lipinski definition) is 8. The lowest BCUT2D eigenvalue weighted by Crippen LogP contribution is -2.59. The predicted octanol–water partition coefficient (Wildman–Crippen LogP) is 2.27. The van der Waals surface area contributed by atoms with E-state index >= 15 is 0 Å². The van der Waals surface area contributed by atoms with E-state index in [9.17, 15) is 24.0 Å². The molecular formula is C30H36N4O6S2. The molecule has 1 fully saturated rings. The zero-order valence-corrected chi connectivity index (χ0v) is 25.2. The first-order valence-electron chi connectivity index (χ1n) is 14.0. The number of nitrogens with one attached hydrogen (secondary N) is 4. The number of ether oxygens (including phenoxy) is 1. The molecule has 0 aliphatic carbocycles. The Morgan fingerprint density at radius 3 is 2.48 bits per heavy atom.